The Balaban J connectivity index is 1.90. The highest BCUT2D eigenvalue weighted by Crippen LogP contribution is 2.46. The van der Waals surface area contributed by atoms with E-state index in [0.717, 1.165) is 18.1 Å². The molecule has 1 saturated carbocycles. The summed E-state index contributed by atoms with van der Waals surface area (Å²) < 4.78 is 0. The number of H-pyrrole nitrogens is 1. The lowest BCUT2D eigenvalue weighted by molar-refractivity contribution is 0.594. The average molecular weight is 241 g/mol. The smallest absolute Gasteiger partial charge is 0.114 e. The molecule has 2 N–H and O–H groups in total. The zero-order valence-electron chi connectivity index (χ0n) is 11.0. The lowest BCUT2D eigenvalue weighted by Crippen LogP contribution is -2.24. The number of likely N-dealkylation sites (N-methyl/N-ethyl adjacent to an activating group) is 1. The number of aromatic amines is 1. The molecule has 0 bridgehead atoms. The number of hydrogen-bond donors (Lipinski definition) is 2. The molecule has 18 heavy (non-hydrogen) atoms. The summed E-state index contributed by atoms with van der Waals surface area (Å²) in [5.41, 5.74) is 3.88. The van der Waals surface area contributed by atoms with E-state index in [1.807, 2.05) is 13.2 Å². The molecule has 3 heteroatoms. The molecule has 0 spiro atoms. The van der Waals surface area contributed by atoms with Crippen molar-refractivity contribution in [3.63, 3.8) is 0 Å². The van der Waals surface area contributed by atoms with Gasteiger partial charge >= 0.3 is 0 Å². The fourth-order valence-corrected chi connectivity index (χ4v) is 2.54. The highest BCUT2D eigenvalue weighted by molar-refractivity contribution is 5.59. The van der Waals surface area contributed by atoms with Crippen LogP contribution in [-0.4, -0.2) is 23.6 Å². The quantitative estimate of drug-likeness (QED) is 0.864. The normalized spacial score (nSPS) is 16.8. The second kappa shape index (κ2) is 4.25. The Morgan fingerprint density at radius 2 is 2.22 bits per heavy atom. The predicted octanol–water partition coefficient (Wildman–Crippen LogP) is 2.64. The molecule has 1 aromatic carbocycles. The average Bonchev–Trinajstić information content (AvgIpc) is 2.97. The van der Waals surface area contributed by atoms with Crippen molar-refractivity contribution < 1.29 is 0 Å². The first-order valence-corrected chi connectivity index (χ1v) is 6.51. The largest absolute Gasteiger partial charge is 0.342 e. The van der Waals surface area contributed by atoms with E-state index < -0.39 is 0 Å². The first-order chi connectivity index (χ1) is 8.73. The molecule has 0 amide bonds. The van der Waals surface area contributed by atoms with Gasteiger partial charge in [-0.15, -0.1) is 0 Å². The fourth-order valence-electron chi connectivity index (χ4n) is 2.54. The first kappa shape index (κ1) is 11.5. The van der Waals surface area contributed by atoms with Crippen molar-refractivity contribution in [2.75, 3.05) is 13.6 Å². The highest BCUT2D eigenvalue weighted by Gasteiger charge is 2.46. The molecule has 1 heterocycles. The second-order valence-corrected chi connectivity index (χ2v) is 5.33. The van der Waals surface area contributed by atoms with E-state index >= 15 is 0 Å². The second-order valence-electron chi connectivity index (χ2n) is 5.33. The van der Waals surface area contributed by atoms with Crippen LogP contribution < -0.4 is 5.32 Å². The summed E-state index contributed by atoms with van der Waals surface area (Å²) in [6.07, 6.45) is 4.42. The van der Waals surface area contributed by atoms with E-state index in [4.69, 9.17) is 0 Å². The van der Waals surface area contributed by atoms with Crippen molar-refractivity contribution >= 4 is 0 Å². The molecule has 1 fully saturated rings. The third-order valence-corrected chi connectivity index (χ3v) is 3.78. The molecule has 1 aliphatic carbocycles. The summed E-state index contributed by atoms with van der Waals surface area (Å²) in [6.45, 7) is 3.12. The fraction of sp³-hybridized carbons (Fsp3) is 0.400. The molecule has 0 saturated heterocycles. The third-order valence-electron chi connectivity index (χ3n) is 3.78. The van der Waals surface area contributed by atoms with Crippen molar-refractivity contribution in [3.05, 3.63) is 41.9 Å². The van der Waals surface area contributed by atoms with Crippen LogP contribution in [0.3, 0.4) is 0 Å². The van der Waals surface area contributed by atoms with Crippen LogP contribution in [0.2, 0.25) is 0 Å². The number of aromatic nitrogens is 2. The maximum Gasteiger partial charge on any atom is 0.114 e. The summed E-state index contributed by atoms with van der Waals surface area (Å²) in [5, 5.41) is 3.27. The van der Waals surface area contributed by atoms with Gasteiger partial charge in [0.05, 0.1) is 11.9 Å². The highest BCUT2D eigenvalue weighted by atomic mass is 15.0. The van der Waals surface area contributed by atoms with E-state index in [2.05, 4.69) is 46.5 Å². The lowest BCUT2D eigenvalue weighted by atomic mass is 10.1. The molecule has 0 unspecified atom stereocenters. The Morgan fingerprint density at radius 3 is 2.89 bits per heavy atom. The van der Waals surface area contributed by atoms with Crippen LogP contribution in [0, 0.1) is 6.92 Å². The summed E-state index contributed by atoms with van der Waals surface area (Å²) in [5.74, 6) is 1.13. The van der Waals surface area contributed by atoms with Gasteiger partial charge in [0.15, 0.2) is 0 Å². The zero-order valence-corrected chi connectivity index (χ0v) is 11.0. The molecule has 0 radical (unpaired) electrons. The number of nitrogens with zero attached hydrogens (tertiary/aromatic N) is 1. The number of hydrogen-bond acceptors (Lipinski definition) is 2. The van der Waals surface area contributed by atoms with Gasteiger partial charge in [-0.25, -0.2) is 4.98 Å². The lowest BCUT2D eigenvalue weighted by Gasteiger charge is -2.10. The van der Waals surface area contributed by atoms with Crippen LogP contribution >= 0.6 is 0 Å². The minimum Gasteiger partial charge on any atom is -0.342 e. The van der Waals surface area contributed by atoms with E-state index in [-0.39, 0.29) is 5.41 Å². The summed E-state index contributed by atoms with van der Waals surface area (Å²) in [4.78, 5) is 8.07. The minimum absolute atomic E-state index is 0.261. The molecule has 0 atom stereocenters. The monoisotopic (exact) mass is 241 g/mol. The maximum atomic E-state index is 4.58. The number of aryl methyl sites for hydroxylation is 1. The van der Waals surface area contributed by atoms with Crippen molar-refractivity contribution in [1.29, 1.82) is 0 Å². The summed E-state index contributed by atoms with van der Waals surface area (Å²) >= 11 is 0. The minimum atomic E-state index is 0.261. The number of imidazole rings is 1. The Kier molecular flexibility index (Phi) is 2.71. The molecule has 94 valence electrons. The molecule has 1 aliphatic rings. The van der Waals surface area contributed by atoms with Gasteiger partial charge < -0.3 is 10.3 Å². The Hall–Kier alpha value is -1.61. The topological polar surface area (TPSA) is 40.7 Å². The molecule has 3 nitrogen and oxygen atoms in total. The van der Waals surface area contributed by atoms with Crippen molar-refractivity contribution in [1.82, 2.24) is 15.3 Å². The van der Waals surface area contributed by atoms with Gasteiger partial charge in [-0.2, -0.15) is 0 Å². The Morgan fingerprint density at radius 1 is 1.39 bits per heavy atom. The van der Waals surface area contributed by atoms with E-state index in [1.54, 1.807) is 0 Å². The van der Waals surface area contributed by atoms with Gasteiger partial charge in [0.2, 0.25) is 0 Å². The van der Waals surface area contributed by atoms with E-state index in [0.29, 0.717) is 0 Å². The van der Waals surface area contributed by atoms with Crippen LogP contribution in [0.15, 0.2) is 30.5 Å². The molecular formula is C15H19N3. The molecule has 3 rings (SSSR count). The summed E-state index contributed by atoms with van der Waals surface area (Å²) in [6, 6.07) is 8.52. The zero-order chi connectivity index (χ0) is 12.6. The Bertz CT molecular complexity index is 552. The molecule has 2 aromatic rings. The third kappa shape index (κ3) is 1.95. The number of nitrogens with one attached hydrogen (secondary N) is 2. The molecular weight excluding hydrogens is 222 g/mol. The Labute approximate surface area is 108 Å². The maximum absolute atomic E-state index is 4.58. The van der Waals surface area contributed by atoms with Crippen LogP contribution in [0.4, 0.5) is 0 Å². The first-order valence-electron chi connectivity index (χ1n) is 6.51. The van der Waals surface area contributed by atoms with Gasteiger partial charge in [-0.3, -0.25) is 0 Å². The standard InChI is InChI=1S/C15H19N3/c1-11-4-3-5-12(8-11)13-9-17-14(18-13)15(6-7-15)10-16-2/h3-5,8-9,16H,6-7,10H2,1-2H3,(H,17,18). The predicted molar refractivity (Wildman–Crippen MR) is 73.6 cm³/mol. The van der Waals surface area contributed by atoms with Gasteiger partial charge in [-0.1, -0.05) is 23.8 Å². The van der Waals surface area contributed by atoms with Gasteiger partial charge in [0.1, 0.15) is 5.82 Å². The van der Waals surface area contributed by atoms with Crippen molar-refractivity contribution in [2.24, 2.45) is 0 Å². The van der Waals surface area contributed by atoms with Crippen LogP contribution in [-0.2, 0) is 5.41 Å². The van der Waals surface area contributed by atoms with Crippen LogP contribution in [0.5, 0.6) is 0 Å². The van der Waals surface area contributed by atoms with Gasteiger partial charge in [0, 0.05) is 12.0 Å². The molecule has 1 aromatic heterocycles. The van der Waals surface area contributed by atoms with E-state index in [9.17, 15) is 0 Å². The molecule has 0 aliphatic heterocycles. The number of benzene rings is 1. The number of rotatable bonds is 4. The SMILES string of the molecule is CNCC1(c2ncc(-c3cccc(C)c3)[nH]2)CC1. The van der Waals surface area contributed by atoms with Crippen LogP contribution in [0.25, 0.3) is 11.3 Å². The summed E-state index contributed by atoms with van der Waals surface area (Å²) in [7, 11) is 2.00. The van der Waals surface area contributed by atoms with Gasteiger partial charge in [0.25, 0.3) is 0 Å². The van der Waals surface area contributed by atoms with Gasteiger partial charge in [-0.05, 0) is 38.4 Å². The van der Waals surface area contributed by atoms with Crippen LogP contribution in [0.1, 0.15) is 24.2 Å². The van der Waals surface area contributed by atoms with E-state index in [1.165, 1.54) is 24.0 Å². The van der Waals surface area contributed by atoms with Crippen molar-refractivity contribution in [2.45, 2.75) is 25.2 Å². The van der Waals surface area contributed by atoms with Crippen molar-refractivity contribution in [3.8, 4) is 11.3 Å².